The summed E-state index contributed by atoms with van der Waals surface area (Å²) in [5, 5.41) is 0. The minimum absolute atomic E-state index is 0.559. The molecule has 0 unspecified atom stereocenters. The van der Waals surface area contributed by atoms with Gasteiger partial charge in [-0.05, 0) is 34.5 Å². The van der Waals surface area contributed by atoms with Crippen LogP contribution in [0.3, 0.4) is 0 Å². The zero-order valence-electron chi connectivity index (χ0n) is 6.81. The summed E-state index contributed by atoms with van der Waals surface area (Å²) in [6, 6.07) is 1.87. The second-order valence-corrected chi connectivity index (χ2v) is 3.54. The maximum Gasteiger partial charge on any atom is 0.140 e. The molecule has 0 aromatic carbocycles. The molecule has 0 aliphatic carbocycles. The highest BCUT2D eigenvalue weighted by molar-refractivity contribution is 9.10. The summed E-state index contributed by atoms with van der Waals surface area (Å²) in [6.07, 6.45) is 4.57. The third kappa shape index (κ3) is 2.39. The number of hydrogen-bond donors (Lipinski definition) is 0. The van der Waals surface area contributed by atoms with Crippen LogP contribution in [0, 0.1) is 0 Å². The van der Waals surface area contributed by atoms with Gasteiger partial charge in [0.2, 0.25) is 0 Å². The fraction of sp³-hybridized carbons (Fsp3) is 0.333. The first-order valence-corrected chi connectivity index (χ1v) is 5.09. The van der Waals surface area contributed by atoms with Gasteiger partial charge in [-0.3, -0.25) is 0 Å². The molecule has 3 heteroatoms. The second kappa shape index (κ2) is 4.73. The van der Waals surface area contributed by atoms with Crippen LogP contribution < -0.4 is 0 Å². The molecule has 66 valence electrons. The summed E-state index contributed by atoms with van der Waals surface area (Å²) in [4.78, 5) is 0. The van der Waals surface area contributed by atoms with Gasteiger partial charge in [0, 0.05) is 5.88 Å². The molecule has 0 spiro atoms. The lowest BCUT2D eigenvalue weighted by atomic mass is 10.2. The van der Waals surface area contributed by atoms with Gasteiger partial charge in [0.15, 0.2) is 0 Å². The molecule has 0 fully saturated rings. The Hall–Kier alpha value is -0.210. The van der Waals surface area contributed by atoms with Gasteiger partial charge in [-0.2, -0.15) is 0 Å². The van der Waals surface area contributed by atoms with Gasteiger partial charge in [-0.25, -0.2) is 0 Å². The molecule has 0 radical (unpaired) electrons. The molecule has 0 aliphatic heterocycles. The van der Waals surface area contributed by atoms with Crippen LogP contribution in [0.5, 0.6) is 0 Å². The zero-order chi connectivity index (χ0) is 8.97. The fourth-order valence-electron chi connectivity index (χ4n) is 0.829. The third-order valence-electron chi connectivity index (χ3n) is 1.61. The number of halogens is 2. The highest BCUT2D eigenvalue weighted by Gasteiger charge is 2.00. The van der Waals surface area contributed by atoms with Crippen molar-refractivity contribution in [3.8, 4) is 0 Å². The van der Waals surface area contributed by atoms with Crippen molar-refractivity contribution in [2.45, 2.75) is 13.3 Å². The van der Waals surface area contributed by atoms with Gasteiger partial charge >= 0.3 is 0 Å². The number of allylic oxidation sites excluding steroid dienone is 1. The second-order valence-electron chi connectivity index (χ2n) is 2.42. The van der Waals surface area contributed by atoms with Gasteiger partial charge in [-0.1, -0.05) is 12.5 Å². The molecule has 1 nitrogen and oxygen atoms in total. The molecule has 0 amide bonds. The van der Waals surface area contributed by atoms with Gasteiger partial charge in [0.25, 0.3) is 0 Å². The Kier molecular flexibility index (Phi) is 3.89. The highest BCUT2D eigenvalue weighted by atomic mass is 79.9. The maximum absolute atomic E-state index is 5.71. The summed E-state index contributed by atoms with van der Waals surface area (Å²) in [7, 11) is 0. The molecule has 0 saturated carbocycles. The topological polar surface area (TPSA) is 13.1 Å². The predicted molar refractivity (Wildman–Crippen MR) is 55.4 cm³/mol. The Labute approximate surface area is 85.5 Å². The first-order valence-electron chi connectivity index (χ1n) is 3.76. The van der Waals surface area contributed by atoms with Crippen molar-refractivity contribution in [1.82, 2.24) is 0 Å². The first kappa shape index (κ1) is 9.87. The number of alkyl halides is 1. The predicted octanol–water partition coefficient (Wildman–Crippen LogP) is 4.07. The molecule has 0 aliphatic rings. The van der Waals surface area contributed by atoms with E-state index >= 15 is 0 Å². The van der Waals surface area contributed by atoms with Crippen molar-refractivity contribution in [2.75, 3.05) is 5.88 Å². The fourth-order valence-corrected chi connectivity index (χ4v) is 1.41. The minimum atomic E-state index is 0.559. The van der Waals surface area contributed by atoms with Crippen LogP contribution in [0.15, 0.2) is 26.8 Å². The van der Waals surface area contributed by atoms with Crippen LogP contribution in [0.4, 0.5) is 0 Å². The van der Waals surface area contributed by atoms with E-state index in [-0.39, 0.29) is 0 Å². The van der Waals surface area contributed by atoms with Crippen molar-refractivity contribution in [1.29, 1.82) is 0 Å². The third-order valence-corrected chi connectivity index (χ3v) is 2.60. The van der Waals surface area contributed by atoms with E-state index in [4.69, 9.17) is 16.0 Å². The summed E-state index contributed by atoms with van der Waals surface area (Å²) in [6.45, 7) is 2.07. The number of hydrogen-bond acceptors (Lipinski definition) is 1. The quantitative estimate of drug-likeness (QED) is 0.736. The van der Waals surface area contributed by atoms with Gasteiger partial charge in [0.1, 0.15) is 5.76 Å². The number of rotatable bonds is 3. The summed E-state index contributed by atoms with van der Waals surface area (Å²) >= 11 is 9.08. The van der Waals surface area contributed by atoms with Gasteiger partial charge in [-0.15, -0.1) is 11.6 Å². The van der Waals surface area contributed by atoms with Gasteiger partial charge < -0.3 is 4.42 Å². The molecule has 1 rings (SSSR count). The first-order chi connectivity index (χ1) is 5.77. The van der Waals surface area contributed by atoms with E-state index in [1.54, 1.807) is 6.26 Å². The van der Waals surface area contributed by atoms with Crippen LogP contribution in [-0.4, -0.2) is 5.88 Å². The van der Waals surface area contributed by atoms with Crippen LogP contribution >= 0.6 is 27.5 Å². The Balaban J connectivity index is 2.85. The molecule has 0 saturated heterocycles. The summed E-state index contributed by atoms with van der Waals surface area (Å²) in [5.74, 6) is 1.40. The minimum Gasteiger partial charge on any atom is -0.464 e. The van der Waals surface area contributed by atoms with Crippen molar-refractivity contribution in [2.24, 2.45) is 0 Å². The molecule has 0 atom stereocenters. The Bertz CT molecular complexity index is 272. The van der Waals surface area contributed by atoms with Crippen molar-refractivity contribution in [3.05, 3.63) is 28.1 Å². The molecule has 1 aromatic heterocycles. The van der Waals surface area contributed by atoms with E-state index in [2.05, 4.69) is 22.9 Å². The molecule has 1 aromatic rings. The zero-order valence-corrected chi connectivity index (χ0v) is 9.15. The van der Waals surface area contributed by atoms with Crippen molar-refractivity contribution in [3.63, 3.8) is 0 Å². The molecule has 1 heterocycles. The largest absolute Gasteiger partial charge is 0.464 e. The molecule has 0 N–H and O–H groups in total. The average Bonchev–Trinajstić information content (AvgIpc) is 2.47. The number of furan rings is 1. The maximum atomic E-state index is 5.71. The van der Waals surface area contributed by atoms with E-state index in [0.717, 1.165) is 16.7 Å². The molecular weight excluding hydrogens is 239 g/mol. The molecular formula is C9H10BrClO. The molecule has 0 bridgehead atoms. The Morgan fingerprint density at radius 2 is 2.50 bits per heavy atom. The van der Waals surface area contributed by atoms with Crippen LogP contribution in [0.1, 0.15) is 19.1 Å². The van der Waals surface area contributed by atoms with E-state index < -0.39 is 0 Å². The van der Waals surface area contributed by atoms with Crippen molar-refractivity contribution >= 4 is 33.6 Å². The van der Waals surface area contributed by atoms with Crippen LogP contribution in [-0.2, 0) is 0 Å². The summed E-state index contributed by atoms with van der Waals surface area (Å²) < 4.78 is 6.19. The SMILES string of the molecule is CC/C(=C/c1occc1Br)CCl. The monoisotopic (exact) mass is 248 g/mol. The van der Waals surface area contributed by atoms with E-state index in [1.165, 1.54) is 5.57 Å². The van der Waals surface area contributed by atoms with Crippen LogP contribution in [0.2, 0.25) is 0 Å². The van der Waals surface area contributed by atoms with E-state index in [9.17, 15) is 0 Å². The lowest BCUT2D eigenvalue weighted by Gasteiger charge is -1.96. The highest BCUT2D eigenvalue weighted by Crippen LogP contribution is 2.21. The lowest BCUT2D eigenvalue weighted by Crippen LogP contribution is -1.81. The average molecular weight is 250 g/mol. The normalized spacial score (nSPS) is 12.1. The molecule has 12 heavy (non-hydrogen) atoms. The van der Waals surface area contributed by atoms with E-state index in [0.29, 0.717) is 5.88 Å². The Morgan fingerprint density at radius 1 is 1.75 bits per heavy atom. The standard InChI is InChI=1S/C9H10BrClO/c1-2-7(6-11)5-9-8(10)3-4-12-9/h3-5H,2,6H2,1H3/b7-5-. The smallest absolute Gasteiger partial charge is 0.140 e. The van der Waals surface area contributed by atoms with E-state index in [1.807, 2.05) is 12.1 Å². The van der Waals surface area contributed by atoms with Crippen molar-refractivity contribution < 1.29 is 4.42 Å². The Morgan fingerprint density at radius 3 is 2.92 bits per heavy atom. The van der Waals surface area contributed by atoms with Crippen LogP contribution in [0.25, 0.3) is 6.08 Å². The lowest BCUT2D eigenvalue weighted by molar-refractivity contribution is 0.555. The van der Waals surface area contributed by atoms with Gasteiger partial charge in [0.05, 0.1) is 10.7 Å². The summed E-state index contributed by atoms with van der Waals surface area (Å²) in [5.41, 5.74) is 1.17.